The van der Waals surface area contributed by atoms with Gasteiger partial charge in [-0.2, -0.15) is 4.98 Å². The molecule has 0 amide bonds. The third-order valence-corrected chi connectivity index (χ3v) is 3.44. The molecule has 0 fully saturated rings. The summed E-state index contributed by atoms with van der Waals surface area (Å²) in [4.78, 5) is 4.40. The molecule has 6 heteroatoms. The fraction of sp³-hybridized carbons (Fsp3) is 0.143. The van der Waals surface area contributed by atoms with Crippen LogP contribution in [-0.2, 0) is 6.42 Å². The first-order valence-electron chi connectivity index (χ1n) is 6.31. The predicted octanol–water partition coefficient (Wildman–Crippen LogP) is 2.73. The Hall–Kier alpha value is -2.08. The summed E-state index contributed by atoms with van der Waals surface area (Å²) in [6.45, 7) is 0.780. The maximum absolute atomic E-state index is 5.66. The second kappa shape index (κ2) is 5.50. The van der Waals surface area contributed by atoms with Crippen LogP contribution in [0.2, 0.25) is 0 Å². The zero-order valence-electron chi connectivity index (χ0n) is 10.8. The lowest BCUT2D eigenvalue weighted by Crippen LogP contribution is -2.06. The Bertz CT molecular complexity index is 720. The number of halogens is 1. The van der Waals surface area contributed by atoms with Crippen molar-refractivity contribution in [1.29, 1.82) is 0 Å². The van der Waals surface area contributed by atoms with Crippen LogP contribution >= 0.6 is 15.9 Å². The van der Waals surface area contributed by atoms with Crippen LogP contribution in [-0.4, -0.2) is 21.1 Å². The van der Waals surface area contributed by atoms with Crippen molar-refractivity contribution in [3.63, 3.8) is 0 Å². The zero-order valence-corrected chi connectivity index (χ0v) is 12.3. The number of fused-ring (bicyclic) bond motifs is 1. The minimum Gasteiger partial charge on any atom is -0.399 e. The number of nitrogens with zero attached hydrogens (tertiary/aromatic N) is 3. The first kappa shape index (κ1) is 12.9. The molecule has 2 heterocycles. The largest absolute Gasteiger partial charge is 0.399 e. The summed E-state index contributed by atoms with van der Waals surface area (Å²) in [6.07, 6.45) is 2.78. The standard InChI is InChI=1S/C14H14BrN5/c15-11-3-6-13-18-14(19-20(13)9-11)17-8-7-10-1-4-12(16)5-2-10/h1-6,9H,7-8,16H2,(H,17,19). The molecular weight excluding hydrogens is 318 g/mol. The summed E-state index contributed by atoms with van der Waals surface area (Å²) in [6, 6.07) is 11.8. The van der Waals surface area contributed by atoms with E-state index in [1.165, 1.54) is 5.56 Å². The number of nitrogens with one attached hydrogen (secondary N) is 1. The van der Waals surface area contributed by atoms with E-state index in [1.807, 2.05) is 42.6 Å². The molecule has 1 aromatic carbocycles. The fourth-order valence-corrected chi connectivity index (χ4v) is 2.26. The first-order valence-corrected chi connectivity index (χ1v) is 7.10. The highest BCUT2D eigenvalue weighted by molar-refractivity contribution is 9.10. The van der Waals surface area contributed by atoms with Crippen LogP contribution in [0, 0.1) is 0 Å². The van der Waals surface area contributed by atoms with Gasteiger partial charge in [0.25, 0.3) is 0 Å². The van der Waals surface area contributed by atoms with Gasteiger partial charge in [0.2, 0.25) is 5.95 Å². The van der Waals surface area contributed by atoms with Crippen LogP contribution in [0.4, 0.5) is 11.6 Å². The molecular formula is C14H14BrN5. The van der Waals surface area contributed by atoms with Gasteiger partial charge in [-0.1, -0.05) is 12.1 Å². The SMILES string of the molecule is Nc1ccc(CCNc2nc3ccc(Br)cn3n2)cc1. The van der Waals surface area contributed by atoms with Crippen molar-refractivity contribution >= 4 is 33.2 Å². The van der Waals surface area contributed by atoms with E-state index in [0.717, 1.165) is 28.8 Å². The number of rotatable bonds is 4. The van der Waals surface area contributed by atoms with Gasteiger partial charge in [0.15, 0.2) is 5.65 Å². The van der Waals surface area contributed by atoms with Crippen LogP contribution in [0.15, 0.2) is 47.1 Å². The molecule has 0 saturated heterocycles. The van der Waals surface area contributed by atoms with Crippen LogP contribution in [0.25, 0.3) is 5.65 Å². The second-order valence-electron chi connectivity index (χ2n) is 4.50. The molecule has 0 radical (unpaired) electrons. The maximum Gasteiger partial charge on any atom is 0.243 e. The normalized spacial score (nSPS) is 10.8. The van der Waals surface area contributed by atoms with Gasteiger partial charge in [-0.25, -0.2) is 4.52 Å². The first-order chi connectivity index (χ1) is 9.70. The summed E-state index contributed by atoms with van der Waals surface area (Å²) in [5.41, 5.74) is 8.50. The number of hydrogen-bond acceptors (Lipinski definition) is 4. The van der Waals surface area contributed by atoms with E-state index in [1.54, 1.807) is 4.52 Å². The molecule has 0 aliphatic heterocycles. The molecule has 5 nitrogen and oxygen atoms in total. The molecule has 0 saturated carbocycles. The number of pyridine rings is 1. The molecule has 3 N–H and O–H groups in total. The van der Waals surface area contributed by atoms with Crippen molar-refractivity contribution < 1.29 is 0 Å². The third kappa shape index (κ3) is 2.91. The number of nitrogen functional groups attached to an aromatic ring is 1. The number of hydrogen-bond donors (Lipinski definition) is 2. The third-order valence-electron chi connectivity index (χ3n) is 2.97. The quantitative estimate of drug-likeness (QED) is 0.721. The second-order valence-corrected chi connectivity index (χ2v) is 5.42. The molecule has 0 unspecified atom stereocenters. The van der Waals surface area contributed by atoms with Crippen LogP contribution < -0.4 is 11.1 Å². The summed E-state index contributed by atoms with van der Waals surface area (Å²) in [5, 5.41) is 7.59. The average Bonchev–Trinajstić information content (AvgIpc) is 2.83. The van der Waals surface area contributed by atoms with E-state index in [2.05, 4.69) is 31.3 Å². The lowest BCUT2D eigenvalue weighted by Gasteiger charge is -2.02. The van der Waals surface area contributed by atoms with Gasteiger partial charge in [0, 0.05) is 22.9 Å². The molecule has 20 heavy (non-hydrogen) atoms. The topological polar surface area (TPSA) is 68.2 Å². The van der Waals surface area contributed by atoms with E-state index in [9.17, 15) is 0 Å². The Morgan fingerprint density at radius 2 is 1.95 bits per heavy atom. The van der Waals surface area contributed by atoms with Gasteiger partial charge in [-0.05, 0) is 52.2 Å². The minimum absolute atomic E-state index is 0.638. The van der Waals surface area contributed by atoms with Crippen LogP contribution in [0.1, 0.15) is 5.56 Å². The molecule has 2 aromatic heterocycles. The number of benzene rings is 1. The smallest absolute Gasteiger partial charge is 0.243 e. The Balaban J connectivity index is 1.63. The monoisotopic (exact) mass is 331 g/mol. The van der Waals surface area contributed by atoms with Crippen molar-refractivity contribution in [3.05, 3.63) is 52.6 Å². The Morgan fingerprint density at radius 1 is 1.15 bits per heavy atom. The number of aromatic nitrogens is 3. The van der Waals surface area contributed by atoms with Crippen molar-refractivity contribution in [1.82, 2.24) is 14.6 Å². The average molecular weight is 332 g/mol. The summed E-state index contributed by atoms with van der Waals surface area (Å²) in [5.74, 6) is 0.638. The molecule has 3 rings (SSSR count). The van der Waals surface area contributed by atoms with Crippen LogP contribution in [0.3, 0.4) is 0 Å². The summed E-state index contributed by atoms with van der Waals surface area (Å²) in [7, 11) is 0. The lowest BCUT2D eigenvalue weighted by molar-refractivity contribution is 0.934. The van der Waals surface area contributed by atoms with Crippen molar-refractivity contribution in [2.24, 2.45) is 0 Å². The molecule has 0 spiro atoms. The van der Waals surface area contributed by atoms with E-state index < -0.39 is 0 Å². The van der Waals surface area contributed by atoms with Gasteiger partial charge < -0.3 is 11.1 Å². The Morgan fingerprint density at radius 3 is 2.75 bits per heavy atom. The van der Waals surface area contributed by atoms with E-state index in [-0.39, 0.29) is 0 Å². The highest BCUT2D eigenvalue weighted by Gasteiger charge is 2.03. The van der Waals surface area contributed by atoms with Crippen LogP contribution in [0.5, 0.6) is 0 Å². The van der Waals surface area contributed by atoms with Gasteiger partial charge in [0.1, 0.15) is 0 Å². The van der Waals surface area contributed by atoms with Gasteiger partial charge in [-0.15, -0.1) is 5.10 Å². The van der Waals surface area contributed by atoms with E-state index >= 15 is 0 Å². The summed E-state index contributed by atoms with van der Waals surface area (Å²) < 4.78 is 2.72. The molecule has 0 aliphatic rings. The Labute approximate surface area is 125 Å². The number of anilines is 2. The molecule has 102 valence electrons. The zero-order chi connectivity index (χ0) is 13.9. The van der Waals surface area contributed by atoms with Crippen molar-refractivity contribution in [2.45, 2.75) is 6.42 Å². The lowest BCUT2D eigenvalue weighted by atomic mass is 10.1. The summed E-state index contributed by atoms with van der Waals surface area (Å²) >= 11 is 3.41. The predicted molar refractivity (Wildman–Crippen MR) is 83.7 cm³/mol. The van der Waals surface area contributed by atoms with E-state index in [0.29, 0.717) is 5.95 Å². The molecule has 0 atom stereocenters. The molecule has 3 aromatic rings. The van der Waals surface area contributed by atoms with Gasteiger partial charge in [0.05, 0.1) is 0 Å². The van der Waals surface area contributed by atoms with Gasteiger partial charge >= 0.3 is 0 Å². The van der Waals surface area contributed by atoms with E-state index in [4.69, 9.17) is 5.73 Å². The molecule has 0 bridgehead atoms. The van der Waals surface area contributed by atoms with Gasteiger partial charge in [-0.3, -0.25) is 0 Å². The molecule has 0 aliphatic carbocycles. The Kier molecular flexibility index (Phi) is 3.56. The highest BCUT2D eigenvalue weighted by Crippen LogP contribution is 2.12. The highest BCUT2D eigenvalue weighted by atomic mass is 79.9. The maximum atomic E-state index is 5.66. The number of nitrogens with two attached hydrogens (primary N) is 1. The van der Waals surface area contributed by atoms with Crippen molar-refractivity contribution in [2.75, 3.05) is 17.6 Å². The van der Waals surface area contributed by atoms with Crippen molar-refractivity contribution in [3.8, 4) is 0 Å². The minimum atomic E-state index is 0.638. The fourth-order valence-electron chi connectivity index (χ4n) is 1.94.